The number of halogens is 1. The Morgan fingerprint density at radius 2 is 2.00 bits per heavy atom. The van der Waals surface area contributed by atoms with Gasteiger partial charge >= 0.3 is 0 Å². The summed E-state index contributed by atoms with van der Waals surface area (Å²) in [6.45, 7) is 2.04. The first kappa shape index (κ1) is 11.3. The predicted octanol–water partition coefficient (Wildman–Crippen LogP) is 2.07. The molecule has 1 N–H and O–H groups in total. The zero-order valence-corrected chi connectivity index (χ0v) is 8.70. The van der Waals surface area contributed by atoms with Crippen LogP contribution >= 0.6 is 11.6 Å². The molecular weight excluding hydrogens is 204 g/mol. The van der Waals surface area contributed by atoms with Crippen LogP contribution in [0.15, 0.2) is 24.3 Å². The van der Waals surface area contributed by atoms with Crippen LogP contribution in [0.25, 0.3) is 0 Å². The Morgan fingerprint density at radius 1 is 1.36 bits per heavy atom. The number of hydrogen-bond donors (Lipinski definition) is 1. The second kappa shape index (κ2) is 5.86. The molecule has 0 saturated carbocycles. The minimum atomic E-state index is -0.372. The van der Waals surface area contributed by atoms with E-state index in [9.17, 15) is 0 Å². The number of ether oxygens (including phenoxy) is 2. The average Bonchev–Trinajstić information content (AvgIpc) is 2.18. The number of aliphatic hydroxyl groups is 1. The van der Waals surface area contributed by atoms with Crippen LogP contribution in [-0.4, -0.2) is 24.6 Å². The lowest BCUT2D eigenvalue weighted by Gasteiger charge is -2.14. The van der Waals surface area contributed by atoms with Crippen LogP contribution in [-0.2, 0) is 4.74 Å². The summed E-state index contributed by atoms with van der Waals surface area (Å²) in [6, 6.07) is 7.02. The highest BCUT2D eigenvalue weighted by atomic mass is 35.5. The van der Waals surface area contributed by atoms with Gasteiger partial charge < -0.3 is 14.6 Å². The Bertz CT molecular complexity index is 261. The molecule has 1 unspecified atom stereocenters. The van der Waals surface area contributed by atoms with E-state index >= 15 is 0 Å². The molecule has 0 aliphatic rings. The Balaban J connectivity index is 2.39. The highest BCUT2D eigenvalue weighted by Gasteiger charge is 2.02. The Labute approximate surface area is 88.2 Å². The fourth-order valence-corrected chi connectivity index (χ4v) is 1.08. The molecule has 1 atom stereocenters. The van der Waals surface area contributed by atoms with Crippen LogP contribution < -0.4 is 4.74 Å². The molecule has 3 nitrogen and oxygen atoms in total. The first-order chi connectivity index (χ1) is 6.72. The second-order valence-corrected chi connectivity index (χ2v) is 3.17. The number of benzene rings is 1. The summed E-state index contributed by atoms with van der Waals surface area (Å²) in [4.78, 5) is 0. The van der Waals surface area contributed by atoms with Gasteiger partial charge in [-0.3, -0.25) is 0 Å². The topological polar surface area (TPSA) is 38.7 Å². The molecule has 1 aromatic rings. The van der Waals surface area contributed by atoms with Crippen molar-refractivity contribution in [3.63, 3.8) is 0 Å². The smallest absolute Gasteiger partial charge is 0.197 e. The van der Waals surface area contributed by atoms with Crippen LogP contribution in [0, 0.1) is 0 Å². The van der Waals surface area contributed by atoms with Crippen molar-refractivity contribution in [3.05, 3.63) is 29.3 Å². The molecule has 0 bridgehead atoms. The molecule has 0 aromatic heterocycles. The maximum Gasteiger partial charge on any atom is 0.197 e. The van der Waals surface area contributed by atoms with Crippen molar-refractivity contribution in [1.29, 1.82) is 0 Å². The molecule has 14 heavy (non-hydrogen) atoms. The van der Waals surface area contributed by atoms with Gasteiger partial charge in [-0.25, -0.2) is 0 Å². The summed E-state index contributed by atoms with van der Waals surface area (Å²) in [5.74, 6) is 0.694. The summed E-state index contributed by atoms with van der Waals surface area (Å²) >= 11 is 5.71. The largest absolute Gasteiger partial charge is 0.465 e. The molecule has 0 heterocycles. The monoisotopic (exact) mass is 216 g/mol. The molecule has 0 aliphatic carbocycles. The van der Waals surface area contributed by atoms with Crippen molar-refractivity contribution >= 4 is 11.6 Å². The van der Waals surface area contributed by atoms with E-state index < -0.39 is 0 Å². The van der Waals surface area contributed by atoms with Gasteiger partial charge in [0.2, 0.25) is 0 Å². The van der Waals surface area contributed by atoms with Gasteiger partial charge in [0.15, 0.2) is 6.29 Å². The van der Waals surface area contributed by atoms with Crippen LogP contribution in [0.3, 0.4) is 0 Å². The van der Waals surface area contributed by atoms with Crippen molar-refractivity contribution in [3.8, 4) is 5.75 Å². The quantitative estimate of drug-likeness (QED) is 0.766. The standard InChI is InChI=1S/C10H13ClO3/c1-8(13-7-6-12)14-10-4-2-9(11)3-5-10/h2-5,8,12H,6-7H2,1H3. The maximum atomic E-state index is 8.52. The fraction of sp³-hybridized carbons (Fsp3) is 0.400. The van der Waals surface area contributed by atoms with Gasteiger partial charge in [-0.2, -0.15) is 0 Å². The maximum absolute atomic E-state index is 8.52. The molecule has 1 aromatic carbocycles. The predicted molar refractivity (Wildman–Crippen MR) is 54.6 cm³/mol. The molecule has 0 spiro atoms. The van der Waals surface area contributed by atoms with Gasteiger partial charge in [0, 0.05) is 5.02 Å². The summed E-state index contributed by atoms with van der Waals surface area (Å²) in [6.07, 6.45) is -0.372. The molecule has 0 aliphatic heterocycles. The molecule has 0 radical (unpaired) electrons. The van der Waals surface area contributed by atoms with Crippen molar-refractivity contribution in [2.75, 3.05) is 13.2 Å². The van der Waals surface area contributed by atoms with Crippen LogP contribution in [0.4, 0.5) is 0 Å². The zero-order valence-electron chi connectivity index (χ0n) is 7.94. The lowest BCUT2D eigenvalue weighted by Crippen LogP contribution is -2.18. The number of hydrogen-bond acceptors (Lipinski definition) is 3. The normalized spacial score (nSPS) is 12.5. The highest BCUT2D eigenvalue weighted by Crippen LogP contribution is 2.16. The minimum absolute atomic E-state index is 0.00564. The third-order valence-electron chi connectivity index (χ3n) is 1.56. The fourth-order valence-electron chi connectivity index (χ4n) is 0.957. The molecule has 0 fully saturated rings. The van der Waals surface area contributed by atoms with Crippen molar-refractivity contribution < 1.29 is 14.6 Å². The lowest BCUT2D eigenvalue weighted by atomic mass is 10.3. The van der Waals surface area contributed by atoms with Gasteiger partial charge in [-0.1, -0.05) is 11.6 Å². The lowest BCUT2D eigenvalue weighted by molar-refractivity contribution is -0.0760. The van der Waals surface area contributed by atoms with E-state index in [1.54, 1.807) is 31.2 Å². The third-order valence-corrected chi connectivity index (χ3v) is 1.81. The average molecular weight is 217 g/mol. The van der Waals surface area contributed by atoms with E-state index in [0.717, 1.165) is 0 Å². The Kier molecular flexibility index (Phi) is 4.73. The molecular formula is C10H13ClO3. The summed E-state index contributed by atoms with van der Waals surface area (Å²) < 4.78 is 10.5. The van der Waals surface area contributed by atoms with E-state index in [-0.39, 0.29) is 19.5 Å². The van der Waals surface area contributed by atoms with Gasteiger partial charge in [0.1, 0.15) is 5.75 Å². The van der Waals surface area contributed by atoms with E-state index in [0.29, 0.717) is 10.8 Å². The molecule has 0 amide bonds. The van der Waals surface area contributed by atoms with Crippen LogP contribution in [0.2, 0.25) is 5.02 Å². The summed E-state index contributed by atoms with van der Waals surface area (Å²) in [5.41, 5.74) is 0. The van der Waals surface area contributed by atoms with E-state index in [1.807, 2.05) is 0 Å². The highest BCUT2D eigenvalue weighted by molar-refractivity contribution is 6.30. The van der Waals surface area contributed by atoms with Gasteiger partial charge in [-0.05, 0) is 31.2 Å². The summed E-state index contributed by atoms with van der Waals surface area (Å²) in [7, 11) is 0. The Morgan fingerprint density at radius 3 is 2.57 bits per heavy atom. The minimum Gasteiger partial charge on any atom is -0.465 e. The van der Waals surface area contributed by atoms with Gasteiger partial charge in [-0.15, -0.1) is 0 Å². The van der Waals surface area contributed by atoms with Gasteiger partial charge in [0.05, 0.1) is 13.2 Å². The van der Waals surface area contributed by atoms with Crippen molar-refractivity contribution in [1.82, 2.24) is 0 Å². The van der Waals surface area contributed by atoms with Crippen molar-refractivity contribution in [2.24, 2.45) is 0 Å². The molecule has 0 saturated heterocycles. The zero-order chi connectivity index (χ0) is 10.4. The van der Waals surface area contributed by atoms with Crippen LogP contribution in [0.5, 0.6) is 5.75 Å². The molecule has 78 valence electrons. The second-order valence-electron chi connectivity index (χ2n) is 2.73. The first-order valence-electron chi connectivity index (χ1n) is 4.37. The SMILES string of the molecule is CC(OCCO)Oc1ccc(Cl)cc1. The van der Waals surface area contributed by atoms with E-state index in [4.69, 9.17) is 26.2 Å². The summed E-state index contributed by atoms with van der Waals surface area (Å²) in [5, 5.41) is 9.19. The van der Waals surface area contributed by atoms with Gasteiger partial charge in [0.25, 0.3) is 0 Å². The number of rotatable bonds is 5. The van der Waals surface area contributed by atoms with E-state index in [2.05, 4.69) is 0 Å². The van der Waals surface area contributed by atoms with Crippen LogP contribution in [0.1, 0.15) is 6.92 Å². The molecule has 1 rings (SSSR count). The molecule has 4 heteroatoms. The Hall–Kier alpha value is -0.770. The first-order valence-corrected chi connectivity index (χ1v) is 4.75. The third kappa shape index (κ3) is 3.96. The number of aliphatic hydroxyl groups excluding tert-OH is 1. The van der Waals surface area contributed by atoms with Crippen molar-refractivity contribution in [2.45, 2.75) is 13.2 Å². The van der Waals surface area contributed by atoms with E-state index in [1.165, 1.54) is 0 Å².